The van der Waals surface area contributed by atoms with Gasteiger partial charge in [0.2, 0.25) is 11.8 Å². The number of rotatable bonds is 2. The van der Waals surface area contributed by atoms with Crippen molar-refractivity contribution in [3.05, 3.63) is 97.9 Å². The molecule has 3 aromatic rings. The molecule has 1 saturated heterocycles. The van der Waals surface area contributed by atoms with E-state index in [1.54, 1.807) is 18.2 Å². The van der Waals surface area contributed by atoms with Gasteiger partial charge >= 0.3 is 0 Å². The van der Waals surface area contributed by atoms with Crippen molar-refractivity contribution in [2.24, 2.45) is 0 Å². The summed E-state index contributed by atoms with van der Waals surface area (Å²) in [4.78, 5) is 26.8. The van der Waals surface area contributed by atoms with Crippen LogP contribution in [0.2, 0.25) is 10.0 Å². The highest BCUT2D eigenvalue weighted by Crippen LogP contribution is 2.58. The van der Waals surface area contributed by atoms with Gasteiger partial charge in [0.1, 0.15) is 5.41 Å². The molecule has 0 unspecified atom stereocenters. The van der Waals surface area contributed by atoms with E-state index in [-0.39, 0.29) is 18.2 Å². The minimum absolute atomic E-state index is 0.133. The molecule has 2 heterocycles. The summed E-state index contributed by atoms with van der Waals surface area (Å²) in [5, 5.41) is 7.18. The molecule has 1 spiro atoms. The van der Waals surface area contributed by atoms with Crippen LogP contribution in [0, 0.1) is 0 Å². The van der Waals surface area contributed by atoms with E-state index in [4.69, 9.17) is 23.2 Å². The third-order valence-electron chi connectivity index (χ3n) is 6.25. The van der Waals surface area contributed by atoms with E-state index in [1.165, 1.54) is 0 Å². The average molecular weight is 516 g/mol. The average Bonchev–Trinajstić information content (AvgIpc) is 3.02. The Morgan fingerprint density at radius 2 is 1.65 bits per heavy atom. The van der Waals surface area contributed by atoms with Gasteiger partial charge in [-0.3, -0.25) is 9.59 Å². The topological polar surface area (TPSA) is 58.2 Å². The number of carbonyl (C=O) groups is 2. The highest BCUT2D eigenvalue weighted by Gasteiger charge is 2.61. The van der Waals surface area contributed by atoms with Gasteiger partial charge in [0.15, 0.2) is 0 Å². The number of fused-ring (bicyclic) bond motifs is 2. The third kappa shape index (κ3) is 3.10. The largest absolute Gasteiger partial charge is 0.348 e. The van der Waals surface area contributed by atoms with Crippen LogP contribution in [-0.4, -0.2) is 11.8 Å². The van der Waals surface area contributed by atoms with Gasteiger partial charge in [-0.15, -0.1) is 0 Å². The standard InChI is InChI=1S/C24H17BrCl2N2O2/c25-18-7-3-1-6-15(18)22-24(16-10-9-13(26)11-20(16)28-23(24)31)17(12-21(30)29-22)14-5-2-4-8-19(14)27/h1-11,17,22H,12H2,(H,28,31)(H,29,30)/t17-,22-,24+/m1/s1. The van der Waals surface area contributed by atoms with E-state index in [0.29, 0.717) is 15.7 Å². The number of hydrogen-bond acceptors (Lipinski definition) is 2. The zero-order chi connectivity index (χ0) is 21.8. The number of amides is 2. The number of nitrogens with one attached hydrogen (secondary N) is 2. The molecule has 0 aliphatic carbocycles. The van der Waals surface area contributed by atoms with E-state index in [2.05, 4.69) is 26.6 Å². The van der Waals surface area contributed by atoms with Crippen LogP contribution in [0.3, 0.4) is 0 Å². The van der Waals surface area contributed by atoms with Crippen molar-refractivity contribution in [1.82, 2.24) is 5.32 Å². The van der Waals surface area contributed by atoms with Gasteiger partial charge in [0.05, 0.1) is 6.04 Å². The summed E-state index contributed by atoms with van der Waals surface area (Å²) in [6.07, 6.45) is 0.139. The molecule has 2 N–H and O–H groups in total. The zero-order valence-corrected chi connectivity index (χ0v) is 19.3. The third-order valence-corrected chi connectivity index (χ3v) is 7.55. The lowest BCUT2D eigenvalue weighted by Gasteiger charge is -2.46. The maximum Gasteiger partial charge on any atom is 0.238 e. The minimum Gasteiger partial charge on any atom is -0.348 e. The fraction of sp³-hybridized carbons (Fsp3) is 0.167. The van der Waals surface area contributed by atoms with Crippen LogP contribution in [-0.2, 0) is 15.0 Å². The van der Waals surface area contributed by atoms with Crippen molar-refractivity contribution in [1.29, 1.82) is 0 Å². The number of carbonyl (C=O) groups excluding carboxylic acids is 2. The monoisotopic (exact) mass is 514 g/mol. The maximum atomic E-state index is 13.9. The van der Waals surface area contributed by atoms with Crippen LogP contribution in [0.1, 0.15) is 35.1 Å². The maximum absolute atomic E-state index is 13.9. The van der Waals surface area contributed by atoms with Crippen molar-refractivity contribution < 1.29 is 9.59 Å². The molecule has 4 nitrogen and oxygen atoms in total. The van der Waals surface area contributed by atoms with Crippen LogP contribution >= 0.6 is 39.1 Å². The second-order valence-corrected chi connectivity index (χ2v) is 9.51. The van der Waals surface area contributed by atoms with Crippen molar-refractivity contribution in [2.45, 2.75) is 23.8 Å². The summed E-state index contributed by atoms with van der Waals surface area (Å²) < 4.78 is 0.815. The lowest BCUT2D eigenvalue weighted by atomic mass is 9.59. The van der Waals surface area contributed by atoms with E-state index in [9.17, 15) is 9.59 Å². The van der Waals surface area contributed by atoms with E-state index in [1.807, 2.05) is 48.5 Å². The second kappa shape index (κ2) is 7.66. The van der Waals surface area contributed by atoms with Crippen LogP contribution in [0.4, 0.5) is 5.69 Å². The summed E-state index contributed by atoms with van der Waals surface area (Å²) in [5.74, 6) is -0.781. The number of anilines is 1. The molecule has 0 radical (unpaired) electrons. The zero-order valence-electron chi connectivity index (χ0n) is 16.2. The molecule has 156 valence electrons. The van der Waals surface area contributed by atoms with Crippen LogP contribution in [0.25, 0.3) is 0 Å². The molecule has 0 bridgehead atoms. The summed E-state index contributed by atoms with van der Waals surface area (Å²) >= 11 is 16.4. The summed E-state index contributed by atoms with van der Waals surface area (Å²) in [6, 6.07) is 19.8. The fourth-order valence-electron chi connectivity index (χ4n) is 4.99. The number of hydrogen-bond donors (Lipinski definition) is 2. The van der Waals surface area contributed by atoms with Gasteiger partial charge in [-0.2, -0.15) is 0 Å². The molecule has 3 atom stereocenters. The minimum atomic E-state index is -1.09. The first-order valence-electron chi connectivity index (χ1n) is 9.82. The van der Waals surface area contributed by atoms with E-state index >= 15 is 0 Å². The molecule has 5 rings (SSSR count). The number of piperidine rings is 1. The molecule has 3 aromatic carbocycles. The van der Waals surface area contributed by atoms with Crippen molar-refractivity contribution in [2.75, 3.05) is 5.32 Å². The summed E-state index contributed by atoms with van der Waals surface area (Å²) in [7, 11) is 0. The first-order valence-corrected chi connectivity index (χ1v) is 11.4. The predicted molar refractivity (Wildman–Crippen MR) is 126 cm³/mol. The van der Waals surface area contributed by atoms with Gasteiger partial charge in [-0.25, -0.2) is 0 Å². The molecule has 2 amide bonds. The lowest BCUT2D eigenvalue weighted by Crippen LogP contribution is -2.57. The normalized spacial score (nSPS) is 24.6. The molecular weight excluding hydrogens is 499 g/mol. The first-order chi connectivity index (χ1) is 14.9. The Hall–Kier alpha value is -2.34. The predicted octanol–water partition coefficient (Wildman–Crippen LogP) is 5.99. The Labute approximate surface area is 198 Å². The fourth-order valence-corrected chi connectivity index (χ4v) is 5.94. The summed E-state index contributed by atoms with van der Waals surface area (Å²) in [5.41, 5.74) is 1.96. The lowest BCUT2D eigenvalue weighted by molar-refractivity contribution is -0.131. The van der Waals surface area contributed by atoms with Gasteiger partial charge in [-0.05, 0) is 41.0 Å². The van der Waals surface area contributed by atoms with Crippen molar-refractivity contribution in [3.63, 3.8) is 0 Å². The van der Waals surface area contributed by atoms with Crippen molar-refractivity contribution >= 4 is 56.6 Å². The SMILES string of the molecule is O=C1C[C@H](c2ccccc2Cl)[C@]2(C(=O)Nc3cc(Cl)ccc32)[C@@H](c2ccccc2Br)N1. The number of halogens is 3. The Morgan fingerprint density at radius 1 is 0.935 bits per heavy atom. The quantitative estimate of drug-likeness (QED) is 0.440. The van der Waals surface area contributed by atoms with Gasteiger partial charge in [-0.1, -0.05) is 81.6 Å². The highest BCUT2D eigenvalue weighted by molar-refractivity contribution is 9.10. The molecule has 2 aliphatic heterocycles. The first kappa shape index (κ1) is 20.6. The second-order valence-electron chi connectivity index (χ2n) is 7.81. The molecule has 0 saturated carbocycles. The van der Waals surface area contributed by atoms with Crippen LogP contribution in [0.5, 0.6) is 0 Å². The van der Waals surface area contributed by atoms with Crippen LogP contribution in [0.15, 0.2) is 71.2 Å². The Balaban J connectivity index is 1.84. The Kier molecular flexibility index (Phi) is 5.08. The molecule has 1 fully saturated rings. The van der Waals surface area contributed by atoms with E-state index in [0.717, 1.165) is 21.2 Å². The Morgan fingerprint density at radius 3 is 2.39 bits per heavy atom. The van der Waals surface area contributed by atoms with Crippen molar-refractivity contribution in [3.8, 4) is 0 Å². The molecular formula is C24H17BrCl2N2O2. The Bertz CT molecular complexity index is 1170. The van der Waals surface area contributed by atoms with Gasteiger partial charge in [0, 0.05) is 32.5 Å². The van der Waals surface area contributed by atoms with E-state index < -0.39 is 17.4 Å². The molecule has 7 heteroatoms. The highest BCUT2D eigenvalue weighted by atomic mass is 79.9. The van der Waals surface area contributed by atoms with Gasteiger partial charge in [0.25, 0.3) is 0 Å². The smallest absolute Gasteiger partial charge is 0.238 e. The van der Waals surface area contributed by atoms with Gasteiger partial charge < -0.3 is 10.6 Å². The van der Waals surface area contributed by atoms with Crippen LogP contribution < -0.4 is 10.6 Å². The molecule has 2 aliphatic rings. The molecule has 31 heavy (non-hydrogen) atoms. The number of benzene rings is 3. The summed E-state index contributed by atoms with van der Waals surface area (Å²) in [6.45, 7) is 0. The molecule has 0 aromatic heterocycles.